The van der Waals surface area contributed by atoms with E-state index in [1.165, 1.54) is 18.2 Å². The minimum atomic E-state index is -0.387. The maximum absolute atomic E-state index is 13.7. The molecular weight excluding hydrogens is 255 g/mol. The maximum Gasteiger partial charge on any atom is 0.129 e. The van der Waals surface area contributed by atoms with Crippen LogP contribution in [0.2, 0.25) is 0 Å². The van der Waals surface area contributed by atoms with E-state index in [1.807, 2.05) is 31.2 Å². The van der Waals surface area contributed by atoms with Crippen LogP contribution in [0.5, 0.6) is 5.75 Å². The van der Waals surface area contributed by atoms with Crippen LogP contribution in [0.25, 0.3) is 0 Å². The predicted octanol–water partition coefficient (Wildman–Crippen LogP) is 3.30. The van der Waals surface area contributed by atoms with Crippen LogP contribution in [0.3, 0.4) is 0 Å². The molecule has 102 valence electrons. The van der Waals surface area contributed by atoms with Crippen molar-refractivity contribution in [3.8, 4) is 11.8 Å². The molecule has 2 aromatic rings. The first-order chi connectivity index (χ1) is 9.61. The third-order valence-corrected chi connectivity index (χ3v) is 2.97. The zero-order chi connectivity index (χ0) is 14.5. The lowest BCUT2D eigenvalue weighted by Gasteiger charge is -2.14. The van der Waals surface area contributed by atoms with E-state index in [-0.39, 0.29) is 18.5 Å². The Morgan fingerprint density at radius 1 is 1.30 bits per heavy atom. The lowest BCUT2D eigenvalue weighted by Crippen LogP contribution is -2.08. The van der Waals surface area contributed by atoms with Gasteiger partial charge >= 0.3 is 0 Å². The van der Waals surface area contributed by atoms with Crippen LogP contribution >= 0.6 is 0 Å². The van der Waals surface area contributed by atoms with Crippen LogP contribution in [-0.2, 0) is 6.61 Å². The van der Waals surface area contributed by atoms with E-state index in [1.54, 1.807) is 6.07 Å². The molecule has 0 radical (unpaired) electrons. The van der Waals surface area contributed by atoms with Crippen molar-refractivity contribution in [1.29, 1.82) is 5.26 Å². The zero-order valence-electron chi connectivity index (χ0n) is 11.1. The van der Waals surface area contributed by atoms with Gasteiger partial charge in [0.15, 0.2) is 0 Å². The molecule has 20 heavy (non-hydrogen) atoms. The van der Waals surface area contributed by atoms with Gasteiger partial charge in [-0.05, 0) is 31.2 Å². The Morgan fingerprint density at radius 3 is 2.75 bits per heavy atom. The Bertz CT molecular complexity index is 647. The van der Waals surface area contributed by atoms with E-state index >= 15 is 0 Å². The summed E-state index contributed by atoms with van der Waals surface area (Å²) in [7, 11) is 0. The largest absolute Gasteiger partial charge is 0.488 e. The van der Waals surface area contributed by atoms with Gasteiger partial charge in [-0.1, -0.05) is 18.2 Å². The van der Waals surface area contributed by atoms with Crippen LogP contribution < -0.4 is 10.5 Å². The first-order valence-corrected chi connectivity index (χ1v) is 6.27. The number of nitrogens with zero attached hydrogens (tertiary/aromatic N) is 1. The number of hydrogen-bond donors (Lipinski definition) is 1. The first kappa shape index (κ1) is 14.0. The van der Waals surface area contributed by atoms with E-state index in [0.29, 0.717) is 16.9 Å². The molecule has 0 fully saturated rings. The molecule has 2 aromatic carbocycles. The SMILES string of the molecule is C[C@@H](N)c1ccccc1OCc1cc(C#N)ccc1F. The van der Waals surface area contributed by atoms with Gasteiger partial charge < -0.3 is 10.5 Å². The number of nitriles is 1. The molecule has 0 aliphatic carbocycles. The van der Waals surface area contributed by atoms with Crippen molar-refractivity contribution < 1.29 is 9.13 Å². The molecule has 0 aliphatic heterocycles. The average Bonchev–Trinajstić information content (AvgIpc) is 2.46. The van der Waals surface area contributed by atoms with Gasteiger partial charge in [0.05, 0.1) is 11.6 Å². The molecule has 4 heteroatoms. The van der Waals surface area contributed by atoms with Gasteiger partial charge in [0, 0.05) is 17.2 Å². The summed E-state index contributed by atoms with van der Waals surface area (Å²) in [5.74, 6) is 0.242. The van der Waals surface area contributed by atoms with Gasteiger partial charge in [0.25, 0.3) is 0 Å². The molecule has 0 aromatic heterocycles. The highest BCUT2D eigenvalue weighted by Crippen LogP contribution is 2.24. The number of halogens is 1. The molecule has 0 saturated heterocycles. The van der Waals surface area contributed by atoms with Crippen molar-refractivity contribution in [2.45, 2.75) is 19.6 Å². The summed E-state index contributed by atoms with van der Waals surface area (Å²) in [6.07, 6.45) is 0. The Kier molecular flexibility index (Phi) is 4.34. The van der Waals surface area contributed by atoms with Crippen LogP contribution in [0, 0.1) is 17.1 Å². The van der Waals surface area contributed by atoms with Crippen LogP contribution in [-0.4, -0.2) is 0 Å². The number of para-hydroxylation sites is 1. The van der Waals surface area contributed by atoms with Crippen molar-refractivity contribution in [1.82, 2.24) is 0 Å². The van der Waals surface area contributed by atoms with E-state index in [0.717, 1.165) is 5.56 Å². The first-order valence-electron chi connectivity index (χ1n) is 6.27. The van der Waals surface area contributed by atoms with Gasteiger partial charge in [0.2, 0.25) is 0 Å². The van der Waals surface area contributed by atoms with Crippen molar-refractivity contribution in [3.63, 3.8) is 0 Å². The average molecular weight is 270 g/mol. The van der Waals surface area contributed by atoms with Gasteiger partial charge in [-0.15, -0.1) is 0 Å². The molecule has 2 rings (SSSR count). The summed E-state index contributed by atoms with van der Waals surface area (Å²) >= 11 is 0. The zero-order valence-corrected chi connectivity index (χ0v) is 11.1. The molecule has 2 N–H and O–H groups in total. The molecule has 0 bridgehead atoms. The highest BCUT2D eigenvalue weighted by atomic mass is 19.1. The van der Waals surface area contributed by atoms with E-state index in [9.17, 15) is 4.39 Å². The van der Waals surface area contributed by atoms with Gasteiger partial charge in [-0.2, -0.15) is 5.26 Å². The molecule has 0 amide bonds. The monoisotopic (exact) mass is 270 g/mol. The van der Waals surface area contributed by atoms with Gasteiger partial charge in [-0.25, -0.2) is 4.39 Å². The quantitative estimate of drug-likeness (QED) is 0.927. The van der Waals surface area contributed by atoms with Crippen molar-refractivity contribution in [2.75, 3.05) is 0 Å². The van der Waals surface area contributed by atoms with Crippen LogP contribution in [0.15, 0.2) is 42.5 Å². The fraction of sp³-hybridized carbons (Fsp3) is 0.188. The van der Waals surface area contributed by atoms with Gasteiger partial charge in [-0.3, -0.25) is 0 Å². The summed E-state index contributed by atoms with van der Waals surface area (Å²) in [5.41, 5.74) is 7.49. The van der Waals surface area contributed by atoms with Crippen LogP contribution in [0.4, 0.5) is 4.39 Å². The number of hydrogen-bond acceptors (Lipinski definition) is 3. The second-order valence-corrected chi connectivity index (χ2v) is 4.53. The number of ether oxygens (including phenoxy) is 1. The highest BCUT2D eigenvalue weighted by molar-refractivity contribution is 5.37. The summed E-state index contributed by atoms with van der Waals surface area (Å²) in [4.78, 5) is 0. The fourth-order valence-electron chi connectivity index (χ4n) is 1.90. The lowest BCUT2D eigenvalue weighted by atomic mass is 10.1. The summed E-state index contributed by atoms with van der Waals surface area (Å²) in [6.45, 7) is 1.92. The fourth-order valence-corrected chi connectivity index (χ4v) is 1.90. The Balaban J connectivity index is 2.19. The maximum atomic E-state index is 13.7. The number of benzene rings is 2. The molecular formula is C16H15FN2O. The third kappa shape index (κ3) is 3.14. The topological polar surface area (TPSA) is 59.0 Å². The molecule has 0 spiro atoms. The Morgan fingerprint density at radius 2 is 2.05 bits per heavy atom. The smallest absolute Gasteiger partial charge is 0.129 e. The standard InChI is InChI=1S/C16H15FN2O/c1-11(19)14-4-2-3-5-16(14)20-10-13-8-12(9-18)6-7-15(13)17/h2-8,11H,10,19H2,1H3/t11-/m1/s1. The van der Waals surface area contributed by atoms with Crippen LogP contribution in [0.1, 0.15) is 29.7 Å². The van der Waals surface area contributed by atoms with Crippen molar-refractivity contribution in [2.24, 2.45) is 5.73 Å². The molecule has 0 saturated carbocycles. The summed E-state index contributed by atoms with van der Waals surface area (Å²) in [6, 6.07) is 13.4. The molecule has 0 heterocycles. The summed E-state index contributed by atoms with van der Waals surface area (Å²) in [5, 5.41) is 8.83. The highest BCUT2D eigenvalue weighted by Gasteiger charge is 2.09. The summed E-state index contributed by atoms with van der Waals surface area (Å²) < 4.78 is 19.3. The molecule has 0 aliphatic rings. The number of nitrogens with two attached hydrogens (primary N) is 1. The van der Waals surface area contributed by atoms with Crippen molar-refractivity contribution in [3.05, 3.63) is 65.0 Å². The Labute approximate surface area is 117 Å². The number of rotatable bonds is 4. The van der Waals surface area contributed by atoms with E-state index in [4.69, 9.17) is 15.7 Å². The van der Waals surface area contributed by atoms with E-state index < -0.39 is 0 Å². The predicted molar refractivity (Wildman–Crippen MR) is 74.5 cm³/mol. The molecule has 3 nitrogen and oxygen atoms in total. The molecule has 1 atom stereocenters. The minimum absolute atomic E-state index is 0.0606. The molecule has 0 unspecified atom stereocenters. The third-order valence-electron chi connectivity index (χ3n) is 2.97. The normalized spacial score (nSPS) is 11.7. The van der Waals surface area contributed by atoms with Crippen molar-refractivity contribution >= 4 is 0 Å². The van der Waals surface area contributed by atoms with Gasteiger partial charge in [0.1, 0.15) is 18.2 Å². The second-order valence-electron chi connectivity index (χ2n) is 4.53. The second kappa shape index (κ2) is 6.18. The van der Waals surface area contributed by atoms with E-state index in [2.05, 4.69) is 0 Å². The minimum Gasteiger partial charge on any atom is -0.488 e. The lowest BCUT2D eigenvalue weighted by molar-refractivity contribution is 0.295. The Hall–Kier alpha value is -2.38.